The van der Waals surface area contributed by atoms with Crippen LogP contribution in [0.15, 0.2) is 83.8 Å². The predicted octanol–water partition coefficient (Wildman–Crippen LogP) is 4.93. The summed E-state index contributed by atoms with van der Waals surface area (Å²) in [6.07, 6.45) is 2.76. The van der Waals surface area contributed by atoms with Gasteiger partial charge in [-0.15, -0.1) is 0 Å². The molecular formula is C25H26N2O4S. The first-order valence-corrected chi connectivity index (χ1v) is 12.1. The Morgan fingerprint density at radius 2 is 1.56 bits per heavy atom. The fraction of sp³-hybridized carbons (Fsp3) is 0.240. The maximum Gasteiger partial charge on any atom is 0.258 e. The minimum atomic E-state index is -3.62. The predicted molar refractivity (Wildman–Crippen MR) is 125 cm³/mol. The second kappa shape index (κ2) is 9.54. The Morgan fingerprint density at radius 1 is 0.875 bits per heavy atom. The van der Waals surface area contributed by atoms with Gasteiger partial charge in [-0.1, -0.05) is 42.8 Å². The molecule has 0 unspecified atom stereocenters. The van der Waals surface area contributed by atoms with Crippen molar-refractivity contribution in [3.8, 4) is 11.5 Å². The molecule has 1 saturated heterocycles. The summed E-state index contributed by atoms with van der Waals surface area (Å²) in [6, 6.07) is 22.9. The van der Waals surface area contributed by atoms with E-state index in [1.807, 2.05) is 42.5 Å². The second-order valence-electron chi connectivity index (χ2n) is 7.74. The number of benzene rings is 3. The van der Waals surface area contributed by atoms with Crippen molar-refractivity contribution in [3.05, 3.63) is 84.4 Å². The molecule has 1 aliphatic rings. The minimum absolute atomic E-state index is 0.146. The zero-order chi connectivity index (χ0) is 22.6. The van der Waals surface area contributed by atoms with E-state index in [2.05, 4.69) is 0 Å². The zero-order valence-electron chi connectivity index (χ0n) is 18.0. The van der Waals surface area contributed by atoms with Crippen LogP contribution in [-0.2, 0) is 10.0 Å². The summed E-state index contributed by atoms with van der Waals surface area (Å²) in [5.41, 5.74) is 0.894. The third kappa shape index (κ3) is 4.69. The number of carbonyl (C=O) groups excluding carboxylic acids is 1. The summed E-state index contributed by atoms with van der Waals surface area (Å²) in [6.45, 7) is 1.04. The molecule has 1 amide bonds. The summed E-state index contributed by atoms with van der Waals surface area (Å²) >= 11 is 0. The number of carbonyl (C=O) groups is 1. The van der Waals surface area contributed by atoms with Gasteiger partial charge in [-0.2, -0.15) is 4.31 Å². The van der Waals surface area contributed by atoms with E-state index in [1.165, 1.54) is 15.3 Å². The fourth-order valence-electron chi connectivity index (χ4n) is 3.78. The van der Waals surface area contributed by atoms with Gasteiger partial charge in [-0.05, 0) is 55.3 Å². The molecule has 32 heavy (non-hydrogen) atoms. The van der Waals surface area contributed by atoms with Crippen LogP contribution < -0.4 is 9.64 Å². The van der Waals surface area contributed by atoms with Crippen molar-refractivity contribution in [2.24, 2.45) is 0 Å². The third-order valence-electron chi connectivity index (χ3n) is 5.54. The first kappa shape index (κ1) is 22.0. The van der Waals surface area contributed by atoms with Crippen molar-refractivity contribution in [2.45, 2.75) is 24.2 Å². The van der Waals surface area contributed by atoms with Crippen LogP contribution in [0.1, 0.15) is 29.6 Å². The Balaban J connectivity index is 1.60. The topological polar surface area (TPSA) is 66.9 Å². The second-order valence-corrected chi connectivity index (χ2v) is 9.68. The zero-order valence-corrected chi connectivity index (χ0v) is 18.8. The van der Waals surface area contributed by atoms with Gasteiger partial charge in [0.05, 0.1) is 10.6 Å². The molecule has 3 aromatic carbocycles. The Labute approximate surface area is 189 Å². The van der Waals surface area contributed by atoms with Gasteiger partial charge in [0.1, 0.15) is 5.75 Å². The standard InChI is InChI=1S/C25H26N2O4S/c1-26(23-15-6-7-16-24(23)31-21-12-4-2-5-13-21)25(28)20-11-10-14-22(19-20)32(29,30)27-17-8-3-9-18-27/h2,4-7,10-16,19H,3,8-9,17-18H2,1H3. The summed E-state index contributed by atoms with van der Waals surface area (Å²) in [5.74, 6) is 0.881. The molecule has 6 nitrogen and oxygen atoms in total. The lowest BCUT2D eigenvalue weighted by Crippen LogP contribution is -2.35. The molecule has 0 atom stereocenters. The van der Waals surface area contributed by atoms with Crippen molar-refractivity contribution in [1.29, 1.82) is 0 Å². The van der Waals surface area contributed by atoms with Gasteiger partial charge in [0.15, 0.2) is 5.75 Å². The molecule has 3 aromatic rings. The molecule has 0 spiro atoms. The van der Waals surface area contributed by atoms with Crippen LogP contribution in [-0.4, -0.2) is 38.8 Å². The normalized spacial score (nSPS) is 14.7. The Kier molecular flexibility index (Phi) is 6.58. The summed E-state index contributed by atoms with van der Waals surface area (Å²) in [4.78, 5) is 14.9. The molecule has 0 aromatic heterocycles. The number of hydrogen-bond acceptors (Lipinski definition) is 4. The monoisotopic (exact) mass is 450 g/mol. The van der Waals surface area contributed by atoms with Crippen LogP contribution in [0.5, 0.6) is 11.5 Å². The highest BCUT2D eigenvalue weighted by molar-refractivity contribution is 7.89. The highest BCUT2D eigenvalue weighted by atomic mass is 32.2. The maximum atomic E-state index is 13.3. The number of anilines is 1. The van der Waals surface area contributed by atoms with Gasteiger partial charge in [0.2, 0.25) is 10.0 Å². The number of rotatable bonds is 6. The van der Waals surface area contributed by atoms with E-state index in [9.17, 15) is 13.2 Å². The first-order valence-electron chi connectivity index (χ1n) is 10.7. The highest BCUT2D eigenvalue weighted by Gasteiger charge is 2.27. The van der Waals surface area contributed by atoms with Gasteiger partial charge in [0, 0.05) is 25.7 Å². The van der Waals surface area contributed by atoms with E-state index in [0.29, 0.717) is 35.8 Å². The Morgan fingerprint density at radius 3 is 2.31 bits per heavy atom. The molecule has 0 aliphatic carbocycles. The number of ether oxygens (including phenoxy) is 1. The van der Waals surface area contributed by atoms with Crippen molar-refractivity contribution in [3.63, 3.8) is 0 Å². The lowest BCUT2D eigenvalue weighted by atomic mass is 10.2. The lowest BCUT2D eigenvalue weighted by Gasteiger charge is -2.26. The maximum absolute atomic E-state index is 13.3. The molecule has 0 bridgehead atoms. The summed E-state index contributed by atoms with van der Waals surface area (Å²) < 4.78 is 33.6. The van der Waals surface area contributed by atoms with Gasteiger partial charge < -0.3 is 9.64 Å². The van der Waals surface area contributed by atoms with E-state index >= 15 is 0 Å². The summed E-state index contributed by atoms with van der Waals surface area (Å²) in [7, 11) is -1.97. The van der Waals surface area contributed by atoms with Crippen LogP contribution in [0, 0.1) is 0 Å². The van der Waals surface area contributed by atoms with Crippen molar-refractivity contribution >= 4 is 21.6 Å². The lowest BCUT2D eigenvalue weighted by molar-refractivity contribution is 0.0992. The minimum Gasteiger partial charge on any atom is -0.455 e. The van der Waals surface area contributed by atoms with Crippen LogP contribution in [0.25, 0.3) is 0 Å². The molecule has 166 valence electrons. The van der Waals surface area contributed by atoms with Crippen LogP contribution in [0.3, 0.4) is 0 Å². The number of hydrogen-bond donors (Lipinski definition) is 0. The molecule has 7 heteroatoms. The number of amides is 1. The van der Waals surface area contributed by atoms with Crippen molar-refractivity contribution < 1.29 is 17.9 Å². The first-order chi connectivity index (χ1) is 15.5. The third-order valence-corrected chi connectivity index (χ3v) is 7.43. The van der Waals surface area contributed by atoms with Gasteiger partial charge in [-0.3, -0.25) is 4.79 Å². The van der Waals surface area contributed by atoms with Gasteiger partial charge >= 0.3 is 0 Å². The van der Waals surface area contributed by atoms with Crippen molar-refractivity contribution in [2.75, 3.05) is 25.0 Å². The van der Waals surface area contributed by atoms with E-state index < -0.39 is 10.0 Å². The van der Waals surface area contributed by atoms with Crippen LogP contribution in [0.2, 0.25) is 0 Å². The number of para-hydroxylation sites is 3. The molecule has 0 radical (unpaired) electrons. The quantitative estimate of drug-likeness (QED) is 0.534. The number of piperidine rings is 1. The largest absolute Gasteiger partial charge is 0.455 e. The van der Waals surface area contributed by atoms with E-state index in [1.54, 1.807) is 37.4 Å². The Bertz CT molecular complexity index is 1190. The molecule has 0 N–H and O–H groups in total. The smallest absolute Gasteiger partial charge is 0.258 e. The fourth-order valence-corrected chi connectivity index (χ4v) is 5.35. The summed E-state index contributed by atoms with van der Waals surface area (Å²) in [5, 5.41) is 0. The van der Waals surface area contributed by atoms with Crippen molar-refractivity contribution in [1.82, 2.24) is 4.31 Å². The van der Waals surface area contributed by atoms with E-state index in [-0.39, 0.29) is 10.8 Å². The Hall–Kier alpha value is -3.16. The SMILES string of the molecule is CN(C(=O)c1cccc(S(=O)(=O)N2CCCCC2)c1)c1ccccc1Oc1ccccc1. The molecule has 1 fully saturated rings. The number of sulfonamides is 1. The molecular weight excluding hydrogens is 424 g/mol. The molecule has 0 saturated carbocycles. The van der Waals surface area contributed by atoms with Gasteiger partial charge in [-0.25, -0.2) is 8.42 Å². The molecule has 1 aliphatic heterocycles. The van der Waals surface area contributed by atoms with Crippen LogP contribution in [0.4, 0.5) is 5.69 Å². The average molecular weight is 451 g/mol. The molecule has 4 rings (SSSR count). The van der Waals surface area contributed by atoms with E-state index in [0.717, 1.165) is 19.3 Å². The average Bonchev–Trinajstić information content (AvgIpc) is 2.85. The highest BCUT2D eigenvalue weighted by Crippen LogP contribution is 2.32. The van der Waals surface area contributed by atoms with Gasteiger partial charge in [0.25, 0.3) is 5.91 Å². The van der Waals surface area contributed by atoms with Crippen LogP contribution >= 0.6 is 0 Å². The number of nitrogens with zero attached hydrogens (tertiary/aromatic N) is 2. The van der Waals surface area contributed by atoms with E-state index in [4.69, 9.17) is 4.74 Å². The molecule has 1 heterocycles.